The van der Waals surface area contributed by atoms with Gasteiger partial charge in [-0.15, -0.1) is 0 Å². The lowest BCUT2D eigenvalue weighted by Gasteiger charge is -2.43. The quantitative estimate of drug-likeness (QED) is 0.701. The standard InChI is InChI=1S/C11H27NOSi2/c1-9(2)12(10(3)4)15-8-7-11(5,6)13-14-15/h9-10,15H,7-8,14H2,1-6H3. The molecule has 2 nitrogen and oxygen atoms in total. The first-order valence-electron chi connectivity index (χ1n) is 6.25. The minimum absolute atomic E-state index is 0.190. The molecule has 1 unspecified atom stereocenters. The molecule has 4 heteroatoms. The minimum atomic E-state index is -0.689. The van der Waals surface area contributed by atoms with Gasteiger partial charge in [-0.25, -0.2) is 0 Å². The third-order valence-corrected chi connectivity index (χ3v) is 11.8. The van der Waals surface area contributed by atoms with E-state index in [1.165, 1.54) is 12.5 Å². The molecular weight excluding hydrogens is 218 g/mol. The molecule has 1 atom stereocenters. The van der Waals surface area contributed by atoms with E-state index < -0.39 is 8.48 Å². The minimum Gasteiger partial charge on any atom is -0.421 e. The third kappa shape index (κ3) is 3.69. The summed E-state index contributed by atoms with van der Waals surface area (Å²) in [5, 5.41) is 0. The average molecular weight is 246 g/mol. The highest BCUT2D eigenvalue weighted by molar-refractivity contribution is 7.08. The molecule has 1 aliphatic heterocycles. The van der Waals surface area contributed by atoms with E-state index in [0.29, 0.717) is 12.1 Å². The summed E-state index contributed by atoms with van der Waals surface area (Å²) >= 11 is 0. The van der Waals surface area contributed by atoms with Crippen LogP contribution in [0.3, 0.4) is 0 Å². The molecule has 0 aromatic carbocycles. The van der Waals surface area contributed by atoms with E-state index >= 15 is 0 Å². The Morgan fingerprint density at radius 1 is 1.20 bits per heavy atom. The molecule has 90 valence electrons. The summed E-state index contributed by atoms with van der Waals surface area (Å²) in [4.78, 5) is 0. The first kappa shape index (κ1) is 13.4. The monoisotopic (exact) mass is 245 g/mol. The largest absolute Gasteiger partial charge is 0.421 e. The lowest BCUT2D eigenvalue weighted by molar-refractivity contribution is 0.106. The van der Waals surface area contributed by atoms with E-state index in [9.17, 15) is 0 Å². The second-order valence-electron chi connectivity index (χ2n) is 5.90. The van der Waals surface area contributed by atoms with Crippen LogP contribution < -0.4 is 0 Å². The number of hydrogen-bond donors (Lipinski definition) is 0. The molecule has 1 saturated heterocycles. The topological polar surface area (TPSA) is 12.5 Å². The van der Waals surface area contributed by atoms with Gasteiger partial charge < -0.3 is 8.99 Å². The van der Waals surface area contributed by atoms with Gasteiger partial charge in [0.05, 0.1) is 0 Å². The van der Waals surface area contributed by atoms with Crippen molar-refractivity contribution in [3.63, 3.8) is 0 Å². The SMILES string of the molecule is CC(C)N(C(C)C)[SiH]1CCC(C)(C)O[SiH2]1. The Labute approximate surface area is 98.8 Å². The molecule has 0 amide bonds. The van der Waals surface area contributed by atoms with Crippen LogP contribution in [0.15, 0.2) is 0 Å². The van der Waals surface area contributed by atoms with Gasteiger partial charge in [0.15, 0.2) is 9.28 Å². The van der Waals surface area contributed by atoms with Crippen LogP contribution in [0.5, 0.6) is 0 Å². The van der Waals surface area contributed by atoms with E-state index in [0.717, 1.165) is 0 Å². The van der Waals surface area contributed by atoms with Crippen LogP contribution in [-0.2, 0) is 4.43 Å². The fourth-order valence-electron chi connectivity index (χ4n) is 2.67. The van der Waals surface area contributed by atoms with Crippen LogP contribution in [0.25, 0.3) is 0 Å². The number of rotatable bonds is 3. The highest BCUT2D eigenvalue weighted by atomic mass is 29.2. The van der Waals surface area contributed by atoms with Gasteiger partial charge in [0.2, 0.25) is 0 Å². The maximum atomic E-state index is 6.12. The Morgan fingerprint density at radius 2 is 1.73 bits per heavy atom. The first-order valence-corrected chi connectivity index (χ1v) is 11.4. The van der Waals surface area contributed by atoms with Crippen LogP contribution in [0, 0.1) is 0 Å². The van der Waals surface area contributed by atoms with Gasteiger partial charge in [-0.05, 0) is 38.4 Å². The highest BCUT2D eigenvalue weighted by Gasteiger charge is 2.34. The summed E-state index contributed by atoms with van der Waals surface area (Å²) in [6.07, 6.45) is 1.27. The molecule has 0 aromatic heterocycles. The van der Waals surface area contributed by atoms with Crippen molar-refractivity contribution < 1.29 is 4.43 Å². The highest BCUT2D eigenvalue weighted by Crippen LogP contribution is 2.25. The summed E-state index contributed by atoms with van der Waals surface area (Å²) < 4.78 is 8.90. The van der Waals surface area contributed by atoms with Crippen LogP contribution in [0.1, 0.15) is 48.0 Å². The van der Waals surface area contributed by atoms with E-state index in [1.54, 1.807) is 0 Å². The maximum absolute atomic E-state index is 6.12. The lowest BCUT2D eigenvalue weighted by atomic mass is 10.1. The van der Waals surface area contributed by atoms with Crippen molar-refractivity contribution in [1.82, 2.24) is 4.57 Å². The fraction of sp³-hybridized carbons (Fsp3) is 1.00. The van der Waals surface area contributed by atoms with Crippen molar-refractivity contribution in [1.29, 1.82) is 0 Å². The lowest BCUT2D eigenvalue weighted by Crippen LogP contribution is -2.56. The molecule has 0 N–H and O–H groups in total. The van der Waals surface area contributed by atoms with E-state index in [2.05, 4.69) is 46.1 Å². The van der Waals surface area contributed by atoms with Gasteiger partial charge in [0.25, 0.3) is 0 Å². The zero-order valence-electron chi connectivity index (χ0n) is 11.2. The van der Waals surface area contributed by atoms with Crippen LogP contribution in [0.2, 0.25) is 6.04 Å². The molecule has 0 spiro atoms. The molecule has 0 bridgehead atoms. The Balaban J connectivity index is 2.57. The summed E-state index contributed by atoms with van der Waals surface area (Å²) in [5.41, 5.74) is 0.190. The molecule has 1 heterocycles. The summed E-state index contributed by atoms with van der Waals surface area (Å²) in [7, 11) is -0.939. The fourth-order valence-corrected chi connectivity index (χ4v) is 12.9. The van der Waals surface area contributed by atoms with Gasteiger partial charge in [0, 0.05) is 5.60 Å². The zero-order valence-corrected chi connectivity index (χ0v) is 13.8. The van der Waals surface area contributed by atoms with E-state index in [1.807, 2.05) is 0 Å². The van der Waals surface area contributed by atoms with E-state index in [-0.39, 0.29) is 14.9 Å². The van der Waals surface area contributed by atoms with Gasteiger partial charge in [-0.1, -0.05) is 27.7 Å². The van der Waals surface area contributed by atoms with Gasteiger partial charge in [0.1, 0.15) is 8.48 Å². The second-order valence-corrected chi connectivity index (χ2v) is 12.8. The Kier molecular flexibility index (Phi) is 4.58. The molecule has 15 heavy (non-hydrogen) atoms. The second kappa shape index (κ2) is 5.12. The van der Waals surface area contributed by atoms with Crippen LogP contribution in [0.4, 0.5) is 0 Å². The molecule has 0 aromatic rings. The predicted octanol–water partition coefficient (Wildman–Crippen LogP) is 1.61. The maximum Gasteiger partial charge on any atom is 0.165 e. The normalized spacial score (nSPS) is 28.2. The molecule has 0 radical (unpaired) electrons. The Bertz CT molecular complexity index is 189. The van der Waals surface area contributed by atoms with Gasteiger partial charge >= 0.3 is 0 Å². The molecular formula is C11H27NOSi2. The van der Waals surface area contributed by atoms with Crippen molar-refractivity contribution in [2.24, 2.45) is 0 Å². The van der Waals surface area contributed by atoms with Crippen LogP contribution >= 0.6 is 0 Å². The Hall–Kier alpha value is 0.354. The Morgan fingerprint density at radius 3 is 2.07 bits per heavy atom. The van der Waals surface area contributed by atoms with Crippen molar-refractivity contribution in [3.8, 4) is 0 Å². The predicted molar refractivity (Wildman–Crippen MR) is 72.4 cm³/mol. The van der Waals surface area contributed by atoms with Crippen LogP contribution in [-0.4, -0.2) is 40.0 Å². The van der Waals surface area contributed by atoms with Gasteiger partial charge in [-0.2, -0.15) is 0 Å². The van der Waals surface area contributed by atoms with Gasteiger partial charge in [-0.3, -0.25) is 0 Å². The molecule has 0 saturated carbocycles. The van der Waals surface area contributed by atoms with Crippen molar-refractivity contribution in [2.75, 3.05) is 0 Å². The summed E-state index contributed by atoms with van der Waals surface area (Å²) in [5.74, 6) is 0. The average Bonchev–Trinajstić information content (AvgIpc) is 2.07. The molecule has 1 rings (SSSR count). The molecule has 1 fully saturated rings. The van der Waals surface area contributed by atoms with Crippen molar-refractivity contribution >= 4 is 17.8 Å². The molecule has 0 aliphatic carbocycles. The summed E-state index contributed by atoms with van der Waals surface area (Å²) in [6.45, 7) is 13.8. The first-order chi connectivity index (χ1) is 6.83. The third-order valence-electron chi connectivity index (χ3n) is 3.36. The van der Waals surface area contributed by atoms with E-state index in [4.69, 9.17) is 4.43 Å². The van der Waals surface area contributed by atoms with Crippen molar-refractivity contribution in [3.05, 3.63) is 0 Å². The van der Waals surface area contributed by atoms with Crippen molar-refractivity contribution in [2.45, 2.75) is 71.7 Å². The molecule has 1 aliphatic rings. The summed E-state index contributed by atoms with van der Waals surface area (Å²) in [6, 6.07) is 2.88. The smallest absolute Gasteiger partial charge is 0.165 e. The zero-order chi connectivity index (χ0) is 11.6. The number of hydrogen-bond acceptors (Lipinski definition) is 2. The number of nitrogens with zero attached hydrogens (tertiary/aromatic N) is 1.